The Hall–Kier alpha value is -1.55. The van der Waals surface area contributed by atoms with Crippen molar-refractivity contribution in [1.29, 1.82) is 0 Å². The van der Waals surface area contributed by atoms with Gasteiger partial charge in [0.2, 0.25) is 0 Å². The SMILES string of the molecule is O/N=C\c1ccc(OC2CCCCO2)cc1. The molecule has 2 rings (SSSR count). The Kier molecular flexibility index (Phi) is 3.77. The van der Waals surface area contributed by atoms with E-state index in [1.54, 1.807) is 0 Å². The largest absolute Gasteiger partial charge is 0.465 e. The van der Waals surface area contributed by atoms with Crippen LogP contribution in [0.4, 0.5) is 0 Å². The van der Waals surface area contributed by atoms with Crippen molar-refractivity contribution in [1.82, 2.24) is 0 Å². The van der Waals surface area contributed by atoms with Gasteiger partial charge in [0, 0.05) is 6.42 Å². The third kappa shape index (κ3) is 2.97. The van der Waals surface area contributed by atoms with Crippen LogP contribution in [0.2, 0.25) is 0 Å². The van der Waals surface area contributed by atoms with Crippen LogP contribution < -0.4 is 4.74 Å². The first kappa shape index (κ1) is 11.0. The van der Waals surface area contributed by atoms with Crippen molar-refractivity contribution in [2.24, 2.45) is 5.16 Å². The zero-order chi connectivity index (χ0) is 11.2. The van der Waals surface area contributed by atoms with E-state index >= 15 is 0 Å². The summed E-state index contributed by atoms with van der Waals surface area (Å²) in [5.41, 5.74) is 0.833. The van der Waals surface area contributed by atoms with Crippen molar-refractivity contribution in [3.63, 3.8) is 0 Å². The number of rotatable bonds is 3. The Bertz CT molecular complexity index is 342. The quantitative estimate of drug-likeness (QED) is 0.484. The van der Waals surface area contributed by atoms with E-state index < -0.39 is 0 Å². The molecule has 0 radical (unpaired) electrons. The maximum absolute atomic E-state index is 8.37. The minimum Gasteiger partial charge on any atom is -0.465 e. The molecule has 1 fully saturated rings. The van der Waals surface area contributed by atoms with Crippen LogP contribution >= 0.6 is 0 Å². The van der Waals surface area contributed by atoms with E-state index in [1.165, 1.54) is 6.21 Å². The Morgan fingerprint density at radius 2 is 2.12 bits per heavy atom. The van der Waals surface area contributed by atoms with Gasteiger partial charge in [-0.25, -0.2) is 0 Å². The van der Waals surface area contributed by atoms with Gasteiger partial charge in [0.15, 0.2) is 6.29 Å². The van der Waals surface area contributed by atoms with Gasteiger partial charge >= 0.3 is 0 Å². The number of hydrogen-bond acceptors (Lipinski definition) is 4. The Labute approximate surface area is 94.5 Å². The maximum Gasteiger partial charge on any atom is 0.199 e. The van der Waals surface area contributed by atoms with E-state index in [0.29, 0.717) is 0 Å². The summed E-state index contributed by atoms with van der Waals surface area (Å²) < 4.78 is 11.1. The van der Waals surface area contributed by atoms with E-state index in [0.717, 1.165) is 37.2 Å². The van der Waals surface area contributed by atoms with Crippen molar-refractivity contribution >= 4 is 6.21 Å². The molecule has 1 unspecified atom stereocenters. The number of oxime groups is 1. The van der Waals surface area contributed by atoms with Crippen LogP contribution in [-0.4, -0.2) is 24.3 Å². The first-order chi connectivity index (χ1) is 7.88. The third-order valence-electron chi connectivity index (χ3n) is 2.49. The average Bonchev–Trinajstić information content (AvgIpc) is 2.33. The van der Waals surface area contributed by atoms with Gasteiger partial charge in [0.05, 0.1) is 12.8 Å². The molecule has 0 saturated carbocycles. The molecule has 1 N–H and O–H groups in total. The van der Waals surface area contributed by atoms with Crippen LogP contribution in [0.5, 0.6) is 5.75 Å². The summed E-state index contributed by atoms with van der Waals surface area (Å²) in [6, 6.07) is 7.35. The van der Waals surface area contributed by atoms with Crippen molar-refractivity contribution in [2.45, 2.75) is 25.6 Å². The van der Waals surface area contributed by atoms with Gasteiger partial charge < -0.3 is 14.7 Å². The van der Waals surface area contributed by atoms with Crippen LogP contribution in [0.1, 0.15) is 24.8 Å². The minimum atomic E-state index is -0.119. The summed E-state index contributed by atoms with van der Waals surface area (Å²) in [5, 5.41) is 11.3. The van der Waals surface area contributed by atoms with Crippen molar-refractivity contribution in [3.05, 3.63) is 29.8 Å². The molecule has 0 aromatic heterocycles. The number of benzene rings is 1. The molecule has 0 bridgehead atoms. The third-order valence-corrected chi connectivity index (χ3v) is 2.49. The lowest BCUT2D eigenvalue weighted by Gasteiger charge is -2.23. The van der Waals surface area contributed by atoms with E-state index in [-0.39, 0.29) is 6.29 Å². The van der Waals surface area contributed by atoms with Crippen molar-refractivity contribution in [3.8, 4) is 5.75 Å². The van der Waals surface area contributed by atoms with Gasteiger partial charge in [-0.1, -0.05) is 5.16 Å². The summed E-state index contributed by atoms with van der Waals surface area (Å²) in [5.74, 6) is 0.780. The smallest absolute Gasteiger partial charge is 0.199 e. The number of hydrogen-bond donors (Lipinski definition) is 1. The molecule has 1 aliphatic heterocycles. The van der Waals surface area contributed by atoms with Crippen LogP contribution in [0, 0.1) is 0 Å². The lowest BCUT2D eigenvalue weighted by atomic mass is 10.2. The lowest BCUT2D eigenvalue weighted by Crippen LogP contribution is -2.24. The monoisotopic (exact) mass is 221 g/mol. The molecule has 1 aromatic rings. The van der Waals surface area contributed by atoms with Crippen molar-refractivity contribution < 1.29 is 14.7 Å². The number of nitrogens with zero attached hydrogens (tertiary/aromatic N) is 1. The van der Waals surface area contributed by atoms with Crippen LogP contribution in [0.15, 0.2) is 29.4 Å². The summed E-state index contributed by atoms with van der Waals surface area (Å²) in [6.07, 6.45) is 4.47. The van der Waals surface area contributed by atoms with Crippen LogP contribution in [0.3, 0.4) is 0 Å². The molecule has 1 aromatic carbocycles. The highest BCUT2D eigenvalue weighted by Crippen LogP contribution is 2.19. The Morgan fingerprint density at radius 3 is 2.75 bits per heavy atom. The molecule has 86 valence electrons. The molecule has 4 heteroatoms. The van der Waals surface area contributed by atoms with E-state index in [2.05, 4.69) is 5.16 Å². The molecule has 4 nitrogen and oxygen atoms in total. The minimum absolute atomic E-state index is 0.119. The highest BCUT2D eigenvalue weighted by Gasteiger charge is 2.14. The molecule has 16 heavy (non-hydrogen) atoms. The summed E-state index contributed by atoms with van der Waals surface area (Å²) in [7, 11) is 0. The fourth-order valence-electron chi connectivity index (χ4n) is 1.66. The van der Waals surface area contributed by atoms with Crippen LogP contribution in [-0.2, 0) is 4.74 Å². The average molecular weight is 221 g/mol. The summed E-state index contributed by atoms with van der Waals surface area (Å²) >= 11 is 0. The molecule has 0 aliphatic carbocycles. The molecule has 0 amide bonds. The normalized spacial score (nSPS) is 21.1. The van der Waals surface area contributed by atoms with Crippen LogP contribution in [0.25, 0.3) is 0 Å². The van der Waals surface area contributed by atoms with Gasteiger partial charge in [-0.15, -0.1) is 0 Å². The zero-order valence-electron chi connectivity index (χ0n) is 9.00. The summed E-state index contributed by atoms with van der Waals surface area (Å²) in [4.78, 5) is 0. The predicted molar refractivity (Wildman–Crippen MR) is 60.0 cm³/mol. The van der Waals surface area contributed by atoms with Gasteiger partial charge in [-0.05, 0) is 42.7 Å². The predicted octanol–water partition coefficient (Wildman–Crippen LogP) is 2.40. The van der Waals surface area contributed by atoms with Gasteiger partial charge in [0.1, 0.15) is 5.75 Å². The first-order valence-corrected chi connectivity index (χ1v) is 5.44. The molecule has 0 spiro atoms. The molecular weight excluding hydrogens is 206 g/mol. The zero-order valence-corrected chi connectivity index (χ0v) is 9.00. The number of ether oxygens (including phenoxy) is 2. The van der Waals surface area contributed by atoms with Gasteiger partial charge in [0.25, 0.3) is 0 Å². The van der Waals surface area contributed by atoms with Gasteiger partial charge in [-0.3, -0.25) is 0 Å². The maximum atomic E-state index is 8.37. The van der Waals surface area contributed by atoms with E-state index in [4.69, 9.17) is 14.7 Å². The second-order valence-electron chi connectivity index (χ2n) is 3.73. The Balaban J connectivity index is 1.93. The fraction of sp³-hybridized carbons (Fsp3) is 0.417. The van der Waals surface area contributed by atoms with Crippen molar-refractivity contribution in [2.75, 3.05) is 6.61 Å². The second-order valence-corrected chi connectivity index (χ2v) is 3.73. The topological polar surface area (TPSA) is 51.1 Å². The highest BCUT2D eigenvalue weighted by molar-refractivity contribution is 5.79. The molecule has 1 atom stereocenters. The highest BCUT2D eigenvalue weighted by atomic mass is 16.7. The molecule has 1 saturated heterocycles. The van der Waals surface area contributed by atoms with E-state index in [1.807, 2.05) is 24.3 Å². The van der Waals surface area contributed by atoms with E-state index in [9.17, 15) is 0 Å². The lowest BCUT2D eigenvalue weighted by molar-refractivity contribution is -0.105. The summed E-state index contributed by atoms with van der Waals surface area (Å²) in [6.45, 7) is 0.778. The fourth-order valence-corrected chi connectivity index (χ4v) is 1.66. The first-order valence-electron chi connectivity index (χ1n) is 5.44. The Morgan fingerprint density at radius 1 is 1.31 bits per heavy atom. The molecule has 1 heterocycles. The second kappa shape index (κ2) is 5.51. The standard InChI is InChI=1S/C12H15NO3/c14-13-9-10-4-6-11(7-5-10)16-12-3-1-2-8-15-12/h4-7,9,12,14H,1-3,8H2/b13-9-. The molecule has 1 aliphatic rings. The molecular formula is C12H15NO3. The van der Waals surface area contributed by atoms with Gasteiger partial charge in [-0.2, -0.15) is 0 Å².